The third-order valence-electron chi connectivity index (χ3n) is 3.81. The van der Waals surface area contributed by atoms with Crippen LogP contribution in [0, 0.1) is 6.92 Å². The lowest BCUT2D eigenvalue weighted by molar-refractivity contribution is 0.00578. The SMILES string of the molecule is CC(=O)c1cc(B2OC(C)(C)C(C)(C)O2)c(C)s1. The molecule has 0 unspecified atom stereocenters. The van der Waals surface area contributed by atoms with Crippen LogP contribution in [0.5, 0.6) is 0 Å². The van der Waals surface area contributed by atoms with Crippen LogP contribution in [0.15, 0.2) is 6.07 Å². The van der Waals surface area contributed by atoms with E-state index in [1.54, 1.807) is 6.92 Å². The third kappa shape index (κ3) is 2.15. The standard InChI is InChI=1S/C13H19BO3S/c1-8(15)11-7-10(9(2)18-11)14-16-12(3,4)13(5,6)17-14/h7H,1-6H3. The van der Waals surface area contributed by atoms with Crippen molar-refractivity contribution in [3.63, 3.8) is 0 Å². The van der Waals surface area contributed by atoms with E-state index in [0.29, 0.717) is 0 Å². The lowest BCUT2D eigenvalue weighted by Gasteiger charge is -2.32. The van der Waals surface area contributed by atoms with Crippen LogP contribution in [0.1, 0.15) is 49.2 Å². The number of hydrogen-bond acceptors (Lipinski definition) is 4. The normalized spacial score (nSPS) is 21.3. The highest BCUT2D eigenvalue weighted by atomic mass is 32.1. The molecule has 1 aromatic rings. The van der Waals surface area contributed by atoms with Crippen LogP contribution in [0.4, 0.5) is 0 Å². The van der Waals surface area contributed by atoms with E-state index in [9.17, 15) is 4.79 Å². The summed E-state index contributed by atoms with van der Waals surface area (Å²) in [6.07, 6.45) is 0. The lowest BCUT2D eigenvalue weighted by Crippen LogP contribution is -2.41. The number of ketones is 1. The van der Waals surface area contributed by atoms with Gasteiger partial charge >= 0.3 is 7.12 Å². The molecule has 0 bridgehead atoms. The maximum atomic E-state index is 11.4. The highest BCUT2D eigenvalue weighted by Crippen LogP contribution is 2.37. The van der Waals surface area contributed by atoms with Crippen LogP contribution in [-0.2, 0) is 9.31 Å². The number of carbonyl (C=O) groups is 1. The number of Topliss-reactive ketones (excluding diaryl/α,β-unsaturated/α-hetero) is 1. The molecule has 98 valence electrons. The highest BCUT2D eigenvalue weighted by Gasteiger charge is 2.52. The van der Waals surface area contributed by atoms with Crippen LogP contribution in [0.2, 0.25) is 0 Å². The summed E-state index contributed by atoms with van der Waals surface area (Å²) in [5, 5.41) is 0. The summed E-state index contributed by atoms with van der Waals surface area (Å²) in [5.41, 5.74) is 0.286. The van der Waals surface area contributed by atoms with E-state index in [1.165, 1.54) is 11.3 Å². The monoisotopic (exact) mass is 266 g/mol. The van der Waals surface area contributed by atoms with Crippen molar-refractivity contribution in [3.8, 4) is 0 Å². The molecular weight excluding hydrogens is 247 g/mol. The molecule has 0 aromatic carbocycles. The molecule has 0 spiro atoms. The summed E-state index contributed by atoms with van der Waals surface area (Å²) in [4.78, 5) is 13.3. The topological polar surface area (TPSA) is 35.5 Å². The van der Waals surface area contributed by atoms with Crippen LogP contribution in [0.25, 0.3) is 0 Å². The van der Waals surface area contributed by atoms with Crippen LogP contribution in [0.3, 0.4) is 0 Å². The molecule has 3 nitrogen and oxygen atoms in total. The Balaban J connectivity index is 2.32. The van der Waals surface area contributed by atoms with Gasteiger partial charge in [-0.15, -0.1) is 11.3 Å². The summed E-state index contributed by atoms with van der Waals surface area (Å²) in [6, 6.07) is 1.89. The van der Waals surface area contributed by atoms with Gasteiger partial charge in [0.25, 0.3) is 0 Å². The average molecular weight is 266 g/mol. The van der Waals surface area contributed by atoms with Gasteiger partial charge in [0.2, 0.25) is 0 Å². The summed E-state index contributed by atoms with van der Waals surface area (Å²) in [5.74, 6) is 0.0888. The minimum absolute atomic E-state index is 0.0888. The average Bonchev–Trinajstić information content (AvgIpc) is 2.66. The number of thiophene rings is 1. The van der Waals surface area contributed by atoms with Crippen LogP contribution < -0.4 is 5.46 Å². The number of rotatable bonds is 2. The second kappa shape index (κ2) is 4.18. The van der Waals surface area contributed by atoms with E-state index in [-0.39, 0.29) is 24.1 Å². The lowest BCUT2D eigenvalue weighted by atomic mass is 9.79. The molecule has 0 N–H and O–H groups in total. The fraction of sp³-hybridized carbons (Fsp3) is 0.615. The van der Waals surface area contributed by atoms with Gasteiger partial charge in [0, 0.05) is 4.88 Å². The Bertz CT molecular complexity index is 474. The molecule has 5 heteroatoms. The predicted molar refractivity (Wildman–Crippen MR) is 74.8 cm³/mol. The molecule has 0 radical (unpaired) electrons. The van der Waals surface area contributed by atoms with Crippen LogP contribution >= 0.6 is 11.3 Å². The van der Waals surface area contributed by atoms with Gasteiger partial charge in [-0.05, 0) is 53.1 Å². The first-order valence-corrected chi connectivity index (χ1v) is 6.92. The van der Waals surface area contributed by atoms with Crippen molar-refractivity contribution in [3.05, 3.63) is 15.8 Å². The molecule has 1 fully saturated rings. The summed E-state index contributed by atoms with van der Waals surface area (Å²) in [7, 11) is -0.376. The van der Waals surface area contributed by atoms with Gasteiger partial charge in [0.1, 0.15) is 0 Å². The van der Waals surface area contributed by atoms with Gasteiger partial charge in [-0.25, -0.2) is 0 Å². The second-order valence-electron chi connectivity index (χ2n) is 5.77. The molecule has 1 aliphatic heterocycles. The fourth-order valence-corrected chi connectivity index (χ4v) is 2.81. The Morgan fingerprint density at radius 3 is 2.11 bits per heavy atom. The Hall–Kier alpha value is -0.645. The van der Waals surface area contributed by atoms with Gasteiger partial charge in [0.05, 0.1) is 16.1 Å². The highest BCUT2D eigenvalue weighted by molar-refractivity contribution is 7.15. The molecular formula is C13H19BO3S. The smallest absolute Gasteiger partial charge is 0.399 e. The van der Waals surface area contributed by atoms with E-state index in [2.05, 4.69) is 0 Å². The van der Waals surface area contributed by atoms with Crippen molar-refractivity contribution in [1.82, 2.24) is 0 Å². The molecule has 0 amide bonds. The number of carbonyl (C=O) groups excluding carboxylic acids is 1. The molecule has 2 rings (SSSR count). The summed E-state index contributed by atoms with van der Waals surface area (Å²) in [6.45, 7) is 11.7. The third-order valence-corrected chi connectivity index (χ3v) is 4.98. The first kappa shape index (κ1) is 13.8. The molecule has 0 aliphatic carbocycles. The Morgan fingerprint density at radius 2 is 1.72 bits per heavy atom. The first-order chi connectivity index (χ1) is 8.14. The molecule has 2 heterocycles. The van der Waals surface area contributed by atoms with Crippen molar-refractivity contribution in [2.75, 3.05) is 0 Å². The quantitative estimate of drug-likeness (QED) is 0.609. The summed E-state index contributed by atoms with van der Waals surface area (Å²) < 4.78 is 12.0. The fourth-order valence-electron chi connectivity index (χ4n) is 1.87. The van der Waals surface area contributed by atoms with Crippen LogP contribution in [-0.4, -0.2) is 24.1 Å². The minimum atomic E-state index is -0.376. The van der Waals surface area contributed by atoms with Gasteiger partial charge in [0.15, 0.2) is 5.78 Å². The first-order valence-electron chi connectivity index (χ1n) is 6.11. The number of aryl methyl sites for hydroxylation is 1. The van der Waals surface area contributed by atoms with E-state index in [4.69, 9.17) is 9.31 Å². The van der Waals surface area contributed by atoms with E-state index in [1.807, 2.05) is 40.7 Å². The molecule has 1 saturated heterocycles. The van der Waals surface area contributed by atoms with E-state index < -0.39 is 0 Å². The zero-order chi connectivity index (χ0) is 13.7. The van der Waals surface area contributed by atoms with E-state index >= 15 is 0 Å². The Kier molecular flexibility index (Phi) is 3.20. The number of hydrogen-bond donors (Lipinski definition) is 0. The maximum absolute atomic E-state index is 11.4. The predicted octanol–water partition coefficient (Wildman–Crippen LogP) is 2.56. The maximum Gasteiger partial charge on any atom is 0.495 e. The molecule has 18 heavy (non-hydrogen) atoms. The zero-order valence-electron chi connectivity index (χ0n) is 11.8. The molecule has 1 aromatic heterocycles. The van der Waals surface area contributed by atoms with Crippen molar-refractivity contribution in [1.29, 1.82) is 0 Å². The van der Waals surface area contributed by atoms with Gasteiger partial charge in [-0.1, -0.05) is 0 Å². The summed E-state index contributed by atoms with van der Waals surface area (Å²) >= 11 is 1.50. The van der Waals surface area contributed by atoms with Crippen molar-refractivity contribution >= 4 is 29.7 Å². The van der Waals surface area contributed by atoms with E-state index in [0.717, 1.165) is 15.2 Å². The van der Waals surface area contributed by atoms with Gasteiger partial charge in [-0.2, -0.15) is 0 Å². The van der Waals surface area contributed by atoms with Crippen molar-refractivity contribution < 1.29 is 14.1 Å². The zero-order valence-corrected chi connectivity index (χ0v) is 12.6. The van der Waals surface area contributed by atoms with Crippen molar-refractivity contribution in [2.24, 2.45) is 0 Å². The Morgan fingerprint density at radius 1 is 1.22 bits per heavy atom. The Labute approximate surface area is 113 Å². The molecule has 1 aliphatic rings. The molecule has 0 atom stereocenters. The minimum Gasteiger partial charge on any atom is -0.399 e. The second-order valence-corrected chi connectivity index (χ2v) is 7.02. The largest absolute Gasteiger partial charge is 0.495 e. The van der Waals surface area contributed by atoms with Gasteiger partial charge in [-0.3, -0.25) is 4.79 Å². The van der Waals surface area contributed by atoms with Gasteiger partial charge < -0.3 is 9.31 Å². The van der Waals surface area contributed by atoms with Crippen molar-refractivity contribution in [2.45, 2.75) is 52.7 Å². The molecule has 0 saturated carbocycles.